The van der Waals surface area contributed by atoms with E-state index in [9.17, 15) is 0 Å². The van der Waals surface area contributed by atoms with Gasteiger partial charge in [0.1, 0.15) is 5.75 Å². The van der Waals surface area contributed by atoms with E-state index < -0.39 is 0 Å². The lowest BCUT2D eigenvalue weighted by Gasteiger charge is -2.22. The van der Waals surface area contributed by atoms with E-state index in [1.54, 1.807) is 0 Å². The molecule has 0 aliphatic heterocycles. The van der Waals surface area contributed by atoms with Crippen molar-refractivity contribution in [3.63, 3.8) is 0 Å². The first-order valence-electron chi connectivity index (χ1n) is 9.17. The Morgan fingerprint density at radius 2 is 1.72 bits per heavy atom. The third-order valence-electron chi connectivity index (χ3n) is 4.19. The maximum absolute atomic E-state index is 5.52. The molecule has 1 heterocycles. The Kier molecular flexibility index (Phi) is 5.87. The molecule has 1 aliphatic rings. The maximum atomic E-state index is 5.52. The Hall–Kier alpha value is -2.14. The van der Waals surface area contributed by atoms with Crippen molar-refractivity contribution in [1.82, 2.24) is 14.9 Å². The first-order valence-corrected chi connectivity index (χ1v) is 9.17. The average Bonchev–Trinajstić information content (AvgIpc) is 3.42. The Morgan fingerprint density at radius 1 is 1.08 bits per heavy atom. The van der Waals surface area contributed by atoms with Crippen LogP contribution in [-0.2, 0) is 13.1 Å². The van der Waals surface area contributed by atoms with Crippen LogP contribution in [0, 0.1) is 0 Å². The molecule has 134 valence electrons. The average molecular weight is 340 g/mol. The van der Waals surface area contributed by atoms with E-state index in [4.69, 9.17) is 4.74 Å². The molecule has 5 heteroatoms. The lowest BCUT2D eigenvalue weighted by molar-refractivity contribution is 0.245. The van der Waals surface area contributed by atoms with Crippen LogP contribution in [0.1, 0.15) is 44.7 Å². The van der Waals surface area contributed by atoms with E-state index in [0.29, 0.717) is 24.6 Å². The van der Waals surface area contributed by atoms with Gasteiger partial charge >= 0.3 is 0 Å². The summed E-state index contributed by atoms with van der Waals surface area (Å²) in [7, 11) is 0. The molecule has 5 nitrogen and oxygen atoms in total. The van der Waals surface area contributed by atoms with Gasteiger partial charge < -0.3 is 10.1 Å². The normalized spacial score (nSPS) is 14.1. The molecule has 1 N–H and O–H groups in total. The summed E-state index contributed by atoms with van der Waals surface area (Å²) in [6.45, 7) is 8.72. The van der Waals surface area contributed by atoms with Gasteiger partial charge in [-0.25, -0.2) is 9.97 Å². The van der Waals surface area contributed by atoms with Crippen molar-refractivity contribution in [1.29, 1.82) is 0 Å². The van der Waals surface area contributed by atoms with Gasteiger partial charge in [0.25, 0.3) is 0 Å². The second-order valence-corrected chi connectivity index (χ2v) is 6.93. The smallest absolute Gasteiger partial charge is 0.222 e. The molecule has 1 aromatic heterocycles. The van der Waals surface area contributed by atoms with Gasteiger partial charge in [-0.05, 0) is 51.3 Å². The molecule has 1 aliphatic carbocycles. The van der Waals surface area contributed by atoms with Crippen LogP contribution < -0.4 is 10.1 Å². The number of aromatic nitrogens is 2. The monoisotopic (exact) mass is 340 g/mol. The number of nitrogens with zero attached hydrogens (tertiary/aromatic N) is 3. The van der Waals surface area contributed by atoms with E-state index in [-0.39, 0.29) is 0 Å². The van der Waals surface area contributed by atoms with Crippen molar-refractivity contribution < 1.29 is 4.74 Å². The number of ether oxygens (including phenoxy) is 1. The molecular weight excluding hydrogens is 312 g/mol. The summed E-state index contributed by atoms with van der Waals surface area (Å²) in [5.41, 5.74) is 2.47. The third-order valence-corrected chi connectivity index (χ3v) is 4.19. The largest absolute Gasteiger partial charge is 0.494 e. The van der Waals surface area contributed by atoms with Gasteiger partial charge in [0.2, 0.25) is 5.95 Å². The lowest BCUT2D eigenvalue weighted by Crippen LogP contribution is -2.25. The molecule has 0 atom stereocenters. The van der Waals surface area contributed by atoms with Crippen molar-refractivity contribution >= 4 is 5.95 Å². The van der Waals surface area contributed by atoms with E-state index >= 15 is 0 Å². The van der Waals surface area contributed by atoms with Crippen LogP contribution in [0.15, 0.2) is 36.7 Å². The number of rotatable bonds is 9. The Labute approximate surface area is 150 Å². The van der Waals surface area contributed by atoms with Crippen molar-refractivity contribution in [2.24, 2.45) is 0 Å². The van der Waals surface area contributed by atoms with Crippen molar-refractivity contribution in [2.45, 2.75) is 58.8 Å². The third kappa shape index (κ3) is 5.43. The molecule has 3 rings (SSSR count). The minimum Gasteiger partial charge on any atom is -0.494 e. The zero-order valence-corrected chi connectivity index (χ0v) is 15.4. The summed E-state index contributed by atoms with van der Waals surface area (Å²) in [6, 6.07) is 9.45. The van der Waals surface area contributed by atoms with Crippen molar-refractivity contribution in [3.8, 4) is 5.75 Å². The van der Waals surface area contributed by atoms with Crippen LogP contribution in [0.2, 0.25) is 0 Å². The van der Waals surface area contributed by atoms with Crippen LogP contribution in [0.3, 0.4) is 0 Å². The van der Waals surface area contributed by atoms with E-state index in [1.807, 2.05) is 19.3 Å². The van der Waals surface area contributed by atoms with Gasteiger partial charge in [-0.15, -0.1) is 0 Å². The second-order valence-electron chi connectivity index (χ2n) is 6.93. The summed E-state index contributed by atoms with van der Waals surface area (Å²) in [5.74, 6) is 1.63. The summed E-state index contributed by atoms with van der Waals surface area (Å²) >= 11 is 0. The van der Waals surface area contributed by atoms with Crippen molar-refractivity contribution in [2.75, 3.05) is 11.9 Å². The molecule has 0 amide bonds. The highest BCUT2D eigenvalue weighted by atomic mass is 16.5. The molecule has 0 spiro atoms. The zero-order chi connectivity index (χ0) is 17.6. The zero-order valence-electron chi connectivity index (χ0n) is 15.4. The fourth-order valence-corrected chi connectivity index (χ4v) is 2.85. The molecule has 2 aromatic rings. The Balaban J connectivity index is 1.61. The van der Waals surface area contributed by atoms with Crippen LogP contribution in [0.25, 0.3) is 0 Å². The predicted octanol–water partition coefficient (Wildman–Crippen LogP) is 3.86. The van der Waals surface area contributed by atoms with Gasteiger partial charge in [0, 0.05) is 43.1 Å². The summed E-state index contributed by atoms with van der Waals surface area (Å²) in [4.78, 5) is 11.4. The molecule has 0 radical (unpaired) electrons. The topological polar surface area (TPSA) is 50.3 Å². The fourth-order valence-electron chi connectivity index (χ4n) is 2.85. The SMILES string of the molecule is CCOc1ccc(CN(Cc2cnc(NC(C)C)nc2)C2CC2)cc1. The molecule has 0 bridgehead atoms. The van der Waals surface area contributed by atoms with Gasteiger partial charge in [0.15, 0.2) is 0 Å². The van der Waals surface area contributed by atoms with Crippen LogP contribution in [0.5, 0.6) is 5.75 Å². The van der Waals surface area contributed by atoms with Gasteiger partial charge in [0.05, 0.1) is 6.61 Å². The lowest BCUT2D eigenvalue weighted by atomic mass is 10.2. The number of anilines is 1. The predicted molar refractivity (Wildman–Crippen MR) is 101 cm³/mol. The summed E-state index contributed by atoms with van der Waals surface area (Å²) in [6.07, 6.45) is 6.44. The van der Waals surface area contributed by atoms with Crippen LogP contribution >= 0.6 is 0 Å². The highest BCUT2D eigenvalue weighted by Crippen LogP contribution is 2.30. The second kappa shape index (κ2) is 8.30. The summed E-state index contributed by atoms with van der Waals surface area (Å²) in [5, 5.41) is 3.23. The number of benzene rings is 1. The minimum absolute atomic E-state index is 0.341. The van der Waals surface area contributed by atoms with E-state index in [2.05, 4.69) is 58.3 Å². The molecule has 1 fully saturated rings. The first kappa shape index (κ1) is 17.7. The van der Waals surface area contributed by atoms with Gasteiger partial charge in [-0.1, -0.05) is 12.1 Å². The van der Waals surface area contributed by atoms with Crippen LogP contribution in [0.4, 0.5) is 5.95 Å². The van der Waals surface area contributed by atoms with Crippen molar-refractivity contribution in [3.05, 3.63) is 47.8 Å². The molecule has 0 saturated heterocycles. The van der Waals surface area contributed by atoms with E-state index in [0.717, 1.165) is 24.4 Å². The van der Waals surface area contributed by atoms with E-state index in [1.165, 1.54) is 18.4 Å². The molecule has 0 unspecified atom stereocenters. The standard InChI is InChI=1S/C20H28N4O/c1-4-25-19-9-5-16(6-10-19)13-24(18-7-8-18)14-17-11-21-20(22-12-17)23-15(2)3/h5-6,9-12,15,18H,4,7-8,13-14H2,1-3H3,(H,21,22,23). The van der Waals surface area contributed by atoms with Gasteiger partial charge in [-0.2, -0.15) is 0 Å². The van der Waals surface area contributed by atoms with Gasteiger partial charge in [-0.3, -0.25) is 4.90 Å². The highest BCUT2D eigenvalue weighted by molar-refractivity contribution is 5.28. The molecule has 1 aromatic carbocycles. The quantitative estimate of drug-likeness (QED) is 0.751. The Bertz CT molecular complexity index is 650. The first-order chi connectivity index (χ1) is 12.1. The number of nitrogens with one attached hydrogen (secondary N) is 1. The fraction of sp³-hybridized carbons (Fsp3) is 0.500. The number of hydrogen-bond donors (Lipinski definition) is 1. The summed E-state index contributed by atoms with van der Waals surface area (Å²) < 4.78 is 5.52. The number of hydrogen-bond acceptors (Lipinski definition) is 5. The molecule has 1 saturated carbocycles. The highest BCUT2D eigenvalue weighted by Gasteiger charge is 2.29. The Morgan fingerprint density at radius 3 is 2.28 bits per heavy atom. The maximum Gasteiger partial charge on any atom is 0.222 e. The molecular formula is C20H28N4O. The van der Waals surface area contributed by atoms with Crippen LogP contribution in [-0.4, -0.2) is 33.6 Å². The molecule has 25 heavy (non-hydrogen) atoms. The minimum atomic E-state index is 0.341.